The van der Waals surface area contributed by atoms with Gasteiger partial charge in [0, 0.05) is 17.5 Å². The van der Waals surface area contributed by atoms with Crippen LogP contribution in [0.15, 0.2) is 119 Å². The number of nitrogens with zero attached hydrogens (tertiary/aromatic N) is 3. The Labute approximate surface area is 288 Å². The molecule has 0 saturated heterocycles. The minimum Gasteiger partial charge on any atom is -0.444 e. The Balaban J connectivity index is 1.28. The minimum atomic E-state index is -1.21. The zero-order chi connectivity index (χ0) is 35.9. The van der Waals surface area contributed by atoms with Gasteiger partial charge in [-0.25, -0.2) is 19.2 Å². The summed E-state index contributed by atoms with van der Waals surface area (Å²) in [5.74, 6) is -2.99. The molecule has 4 aromatic carbocycles. The number of halogens is 1. The summed E-state index contributed by atoms with van der Waals surface area (Å²) >= 11 is 0. The molecular formula is C37H29FN6O7. The Morgan fingerprint density at radius 2 is 1.59 bits per heavy atom. The van der Waals surface area contributed by atoms with Crippen LogP contribution in [0.25, 0.3) is 22.5 Å². The summed E-state index contributed by atoms with van der Waals surface area (Å²) in [7, 11) is 0. The van der Waals surface area contributed by atoms with Crippen molar-refractivity contribution in [3.8, 4) is 11.4 Å². The summed E-state index contributed by atoms with van der Waals surface area (Å²) in [6.07, 6.45) is 0.208. The number of carbonyl (C=O) groups is 4. The predicted molar refractivity (Wildman–Crippen MR) is 183 cm³/mol. The number of benzene rings is 4. The maximum absolute atomic E-state index is 13.8. The molecule has 0 fully saturated rings. The van der Waals surface area contributed by atoms with Crippen molar-refractivity contribution in [2.75, 3.05) is 5.32 Å². The third-order valence-corrected chi connectivity index (χ3v) is 7.72. The number of amides is 3. The number of ether oxygens (including phenoxy) is 1. The number of ketones is 1. The average Bonchev–Trinajstić information content (AvgIpc) is 3.57. The fourth-order valence-corrected chi connectivity index (χ4v) is 5.20. The van der Waals surface area contributed by atoms with E-state index in [9.17, 15) is 28.4 Å². The number of rotatable bonds is 12. The van der Waals surface area contributed by atoms with Crippen LogP contribution in [0.3, 0.4) is 0 Å². The molecule has 0 radical (unpaired) electrons. The Bertz CT molecular complexity index is 2290. The van der Waals surface area contributed by atoms with Gasteiger partial charge >= 0.3 is 6.09 Å². The maximum atomic E-state index is 13.8. The summed E-state index contributed by atoms with van der Waals surface area (Å²) in [6.45, 7) is -0.713. The Kier molecular flexibility index (Phi) is 10.0. The number of aromatic nitrogens is 3. The van der Waals surface area contributed by atoms with Gasteiger partial charge in [-0.1, -0.05) is 60.7 Å². The quantitative estimate of drug-likeness (QED) is 0.154. The fraction of sp³-hybridized carbons (Fsp3) is 0.108. The van der Waals surface area contributed by atoms with E-state index in [1.807, 2.05) is 6.07 Å². The van der Waals surface area contributed by atoms with Gasteiger partial charge in [0.2, 0.25) is 17.6 Å². The van der Waals surface area contributed by atoms with Crippen LogP contribution in [0.1, 0.15) is 32.2 Å². The van der Waals surface area contributed by atoms with Crippen molar-refractivity contribution < 1.29 is 32.7 Å². The number of hydrogen-bond acceptors (Lipinski definition) is 9. The van der Waals surface area contributed by atoms with Gasteiger partial charge in [0.1, 0.15) is 42.0 Å². The molecule has 0 aliphatic rings. The van der Waals surface area contributed by atoms with Crippen LogP contribution in [0.2, 0.25) is 0 Å². The van der Waals surface area contributed by atoms with Crippen molar-refractivity contribution in [2.45, 2.75) is 25.6 Å². The molecule has 2 heterocycles. The molecule has 6 rings (SSSR count). The van der Waals surface area contributed by atoms with Gasteiger partial charge in [0.15, 0.2) is 5.58 Å². The van der Waals surface area contributed by atoms with Crippen molar-refractivity contribution in [3.63, 3.8) is 0 Å². The number of oxazole rings is 1. The number of hydrogen-bond donors (Lipinski definition) is 3. The van der Waals surface area contributed by atoms with Gasteiger partial charge in [-0.15, -0.1) is 0 Å². The van der Waals surface area contributed by atoms with Gasteiger partial charge in [0.25, 0.3) is 11.4 Å². The molecule has 13 nitrogen and oxygen atoms in total. The molecule has 1 unspecified atom stereocenters. The lowest BCUT2D eigenvalue weighted by atomic mass is 10.0. The van der Waals surface area contributed by atoms with E-state index in [1.165, 1.54) is 42.5 Å². The van der Waals surface area contributed by atoms with Crippen LogP contribution in [-0.4, -0.2) is 44.3 Å². The first kappa shape index (κ1) is 33.9. The fourth-order valence-electron chi connectivity index (χ4n) is 5.20. The number of nitrogens with two attached hydrogens (primary N) is 1. The molecule has 0 aliphatic heterocycles. The highest BCUT2D eigenvalue weighted by Crippen LogP contribution is 2.20. The smallest absolute Gasteiger partial charge is 0.412 e. The van der Waals surface area contributed by atoms with Crippen LogP contribution >= 0.6 is 0 Å². The first-order valence-electron chi connectivity index (χ1n) is 15.6. The Morgan fingerprint density at radius 1 is 0.902 bits per heavy atom. The SMILES string of the molecule is NC(=O)c1ccc2oc(C(=O)C(Cc3ccccc3)NC(=O)Cn3c(-c4ccc(F)cc4)ncc(NC(=O)OCc4ccccc4)c3=O)nc2c1. The van der Waals surface area contributed by atoms with Crippen molar-refractivity contribution >= 4 is 40.5 Å². The van der Waals surface area contributed by atoms with Gasteiger partial charge in [0.05, 0.1) is 6.20 Å². The maximum Gasteiger partial charge on any atom is 0.412 e. The molecule has 256 valence electrons. The van der Waals surface area contributed by atoms with Crippen LogP contribution in [-0.2, 0) is 29.1 Å². The number of nitrogens with one attached hydrogen (secondary N) is 2. The molecular weight excluding hydrogens is 659 g/mol. The predicted octanol–water partition coefficient (Wildman–Crippen LogP) is 4.65. The molecule has 6 aromatic rings. The van der Waals surface area contributed by atoms with E-state index in [0.29, 0.717) is 11.1 Å². The van der Waals surface area contributed by atoms with E-state index in [1.54, 1.807) is 54.6 Å². The lowest BCUT2D eigenvalue weighted by Crippen LogP contribution is -2.45. The van der Waals surface area contributed by atoms with Crippen molar-refractivity contribution in [3.05, 3.63) is 148 Å². The highest BCUT2D eigenvalue weighted by molar-refractivity contribution is 6.01. The largest absolute Gasteiger partial charge is 0.444 e. The van der Waals surface area contributed by atoms with Gasteiger partial charge in [-0.05, 0) is 53.6 Å². The standard InChI is InChI=1S/C37H29FN6O7/c38-26-14-11-24(12-15-26)34-40-19-29(43-37(49)50-21-23-9-5-2-6-10-23)36(48)44(34)20-31(45)41-28(17-22-7-3-1-4-8-22)32(46)35-42-27-18-25(33(39)47)13-16-30(27)51-35/h1-16,18-19,28H,17,20-21H2,(H2,39,47)(H,41,45)(H,43,49). The summed E-state index contributed by atoms with van der Waals surface area (Å²) in [4.78, 5) is 74.1. The monoisotopic (exact) mass is 688 g/mol. The molecule has 3 amide bonds. The molecule has 2 aromatic heterocycles. The molecule has 51 heavy (non-hydrogen) atoms. The number of fused-ring (bicyclic) bond motifs is 1. The third-order valence-electron chi connectivity index (χ3n) is 7.72. The van der Waals surface area contributed by atoms with Crippen LogP contribution in [0, 0.1) is 5.82 Å². The summed E-state index contributed by atoms with van der Waals surface area (Å²) in [6, 6.07) is 25.9. The van der Waals surface area contributed by atoms with Crippen molar-refractivity contribution in [1.29, 1.82) is 0 Å². The number of primary amides is 1. The third kappa shape index (κ3) is 8.20. The Hall–Kier alpha value is -6.96. The first-order valence-corrected chi connectivity index (χ1v) is 15.6. The normalized spacial score (nSPS) is 11.5. The summed E-state index contributed by atoms with van der Waals surface area (Å²) in [5, 5.41) is 5.04. The topological polar surface area (TPSA) is 189 Å². The highest BCUT2D eigenvalue weighted by Gasteiger charge is 2.28. The van der Waals surface area contributed by atoms with Gasteiger partial charge < -0.3 is 20.2 Å². The van der Waals surface area contributed by atoms with E-state index in [-0.39, 0.29) is 47.1 Å². The second-order valence-electron chi connectivity index (χ2n) is 11.3. The average molecular weight is 689 g/mol. The number of carbonyl (C=O) groups excluding carboxylic acids is 4. The van der Waals surface area contributed by atoms with E-state index >= 15 is 0 Å². The second kappa shape index (κ2) is 15.1. The molecule has 0 bridgehead atoms. The second-order valence-corrected chi connectivity index (χ2v) is 11.3. The first-order chi connectivity index (χ1) is 24.6. The van der Waals surface area contributed by atoms with Crippen LogP contribution in [0.5, 0.6) is 0 Å². The zero-order valence-electron chi connectivity index (χ0n) is 26.7. The molecule has 4 N–H and O–H groups in total. The van der Waals surface area contributed by atoms with E-state index in [0.717, 1.165) is 16.3 Å². The number of Topliss-reactive ketones (excluding diaryl/α,β-unsaturated/α-hetero) is 1. The van der Waals surface area contributed by atoms with E-state index in [4.69, 9.17) is 14.9 Å². The number of anilines is 1. The minimum absolute atomic E-state index is 0.00602. The zero-order valence-corrected chi connectivity index (χ0v) is 26.7. The van der Waals surface area contributed by atoms with E-state index < -0.39 is 47.7 Å². The van der Waals surface area contributed by atoms with Crippen molar-refractivity contribution in [1.82, 2.24) is 19.9 Å². The highest BCUT2D eigenvalue weighted by atomic mass is 19.1. The lowest BCUT2D eigenvalue weighted by molar-refractivity contribution is -0.122. The van der Waals surface area contributed by atoms with Crippen molar-refractivity contribution in [2.24, 2.45) is 5.73 Å². The molecule has 0 saturated carbocycles. The van der Waals surface area contributed by atoms with Crippen LogP contribution < -0.4 is 21.9 Å². The molecule has 14 heteroatoms. The van der Waals surface area contributed by atoms with Gasteiger partial charge in [-0.2, -0.15) is 0 Å². The van der Waals surface area contributed by atoms with E-state index in [2.05, 4.69) is 20.6 Å². The van der Waals surface area contributed by atoms with Crippen LogP contribution in [0.4, 0.5) is 14.9 Å². The molecule has 0 spiro atoms. The van der Waals surface area contributed by atoms with Gasteiger partial charge in [-0.3, -0.25) is 29.1 Å². The molecule has 0 aliphatic carbocycles. The lowest BCUT2D eigenvalue weighted by Gasteiger charge is -2.18. The summed E-state index contributed by atoms with van der Waals surface area (Å²) < 4.78 is 25.7. The molecule has 1 atom stereocenters. The Morgan fingerprint density at radius 3 is 2.27 bits per heavy atom. The summed E-state index contributed by atoms with van der Waals surface area (Å²) in [5.41, 5.74) is 6.61.